The molecule has 1 aliphatic rings. The van der Waals surface area contributed by atoms with Crippen molar-refractivity contribution in [3.63, 3.8) is 0 Å². The summed E-state index contributed by atoms with van der Waals surface area (Å²) in [7, 11) is 0. The molecule has 2 heterocycles. The fourth-order valence-corrected chi connectivity index (χ4v) is 2.77. The lowest BCUT2D eigenvalue weighted by atomic mass is 9.93. The van der Waals surface area contributed by atoms with E-state index in [0.717, 1.165) is 31.8 Å². The molecule has 1 aromatic carbocycles. The number of hydrogen-bond acceptors (Lipinski definition) is 6. The van der Waals surface area contributed by atoms with Gasteiger partial charge in [0.2, 0.25) is 0 Å². The summed E-state index contributed by atoms with van der Waals surface area (Å²) >= 11 is 0. The van der Waals surface area contributed by atoms with Crippen molar-refractivity contribution in [1.82, 2.24) is 10.3 Å². The molecule has 22 heavy (non-hydrogen) atoms. The third kappa shape index (κ3) is 3.54. The van der Waals surface area contributed by atoms with E-state index in [1.807, 2.05) is 0 Å². The quantitative estimate of drug-likeness (QED) is 0.501. The molecule has 1 aromatic heterocycles. The summed E-state index contributed by atoms with van der Waals surface area (Å²) < 4.78 is 10.9. The van der Waals surface area contributed by atoms with Gasteiger partial charge in [-0.2, -0.15) is 4.98 Å². The topological polar surface area (TPSA) is 90.4 Å². The maximum atomic E-state index is 10.7. The van der Waals surface area contributed by atoms with E-state index in [0.29, 0.717) is 17.7 Å². The van der Waals surface area contributed by atoms with Gasteiger partial charge in [0.15, 0.2) is 5.58 Å². The SMILES string of the molecule is O=[N+]([O-])c1ccc2oc(OCCCC3CCNCC3)nc2c1. The van der Waals surface area contributed by atoms with Crippen molar-refractivity contribution in [3.05, 3.63) is 28.3 Å². The van der Waals surface area contributed by atoms with E-state index in [1.165, 1.54) is 25.0 Å². The Balaban J connectivity index is 1.52. The second-order valence-electron chi connectivity index (χ2n) is 5.57. The van der Waals surface area contributed by atoms with Crippen LogP contribution < -0.4 is 10.1 Å². The third-order valence-corrected chi connectivity index (χ3v) is 4.00. The monoisotopic (exact) mass is 305 g/mol. The van der Waals surface area contributed by atoms with E-state index < -0.39 is 4.92 Å². The highest BCUT2D eigenvalue weighted by Crippen LogP contribution is 2.25. The van der Waals surface area contributed by atoms with E-state index in [4.69, 9.17) is 9.15 Å². The van der Waals surface area contributed by atoms with Crippen LogP contribution in [0.3, 0.4) is 0 Å². The molecule has 1 saturated heterocycles. The van der Waals surface area contributed by atoms with Gasteiger partial charge >= 0.3 is 6.08 Å². The number of ether oxygens (including phenoxy) is 1. The molecule has 0 bridgehead atoms. The van der Waals surface area contributed by atoms with Gasteiger partial charge in [0, 0.05) is 12.1 Å². The van der Waals surface area contributed by atoms with Crippen LogP contribution in [-0.2, 0) is 0 Å². The van der Waals surface area contributed by atoms with Crippen molar-refractivity contribution in [1.29, 1.82) is 0 Å². The van der Waals surface area contributed by atoms with Crippen LogP contribution in [0.25, 0.3) is 11.1 Å². The molecule has 0 amide bonds. The van der Waals surface area contributed by atoms with Gasteiger partial charge in [-0.1, -0.05) is 0 Å². The number of non-ortho nitro benzene ring substituents is 1. The van der Waals surface area contributed by atoms with Crippen LogP contribution in [0.1, 0.15) is 25.7 Å². The fourth-order valence-electron chi connectivity index (χ4n) is 2.77. The van der Waals surface area contributed by atoms with E-state index in [-0.39, 0.29) is 11.8 Å². The largest absolute Gasteiger partial charge is 0.450 e. The van der Waals surface area contributed by atoms with Crippen molar-refractivity contribution in [3.8, 4) is 6.08 Å². The van der Waals surface area contributed by atoms with Crippen molar-refractivity contribution < 1.29 is 14.1 Å². The maximum absolute atomic E-state index is 10.7. The minimum Gasteiger partial charge on any atom is -0.450 e. The molecule has 0 saturated carbocycles. The Bertz CT molecular complexity index is 649. The molecule has 118 valence electrons. The number of oxazole rings is 1. The average molecular weight is 305 g/mol. The van der Waals surface area contributed by atoms with Gasteiger partial charge < -0.3 is 14.5 Å². The number of aromatic nitrogens is 1. The van der Waals surface area contributed by atoms with Crippen molar-refractivity contribution in [2.75, 3.05) is 19.7 Å². The number of hydrogen-bond donors (Lipinski definition) is 1. The normalized spacial score (nSPS) is 16.0. The molecule has 7 nitrogen and oxygen atoms in total. The smallest absolute Gasteiger partial charge is 0.394 e. The molecular formula is C15H19N3O4. The molecule has 0 radical (unpaired) electrons. The van der Waals surface area contributed by atoms with Crippen LogP contribution in [-0.4, -0.2) is 29.6 Å². The lowest BCUT2D eigenvalue weighted by Crippen LogP contribution is -2.27. The lowest BCUT2D eigenvalue weighted by molar-refractivity contribution is -0.384. The first-order valence-corrected chi connectivity index (χ1v) is 7.61. The molecule has 1 N–H and O–H groups in total. The first-order chi connectivity index (χ1) is 10.7. The number of nitrogens with zero attached hydrogens (tertiary/aromatic N) is 2. The number of rotatable bonds is 6. The van der Waals surface area contributed by atoms with Gasteiger partial charge in [0.1, 0.15) is 5.52 Å². The first-order valence-electron chi connectivity index (χ1n) is 7.61. The van der Waals surface area contributed by atoms with Crippen LogP contribution in [0.4, 0.5) is 5.69 Å². The molecule has 0 atom stereocenters. The second-order valence-corrected chi connectivity index (χ2v) is 5.57. The summed E-state index contributed by atoms with van der Waals surface area (Å²) in [5.74, 6) is 0.774. The van der Waals surface area contributed by atoms with Crippen LogP contribution in [0.15, 0.2) is 22.6 Å². The average Bonchev–Trinajstić information content (AvgIpc) is 2.94. The Morgan fingerprint density at radius 2 is 2.23 bits per heavy atom. The predicted molar refractivity (Wildman–Crippen MR) is 81.0 cm³/mol. The third-order valence-electron chi connectivity index (χ3n) is 4.00. The Hall–Kier alpha value is -2.15. The minimum absolute atomic E-state index is 0.00161. The van der Waals surface area contributed by atoms with Crippen LogP contribution in [0.2, 0.25) is 0 Å². The van der Waals surface area contributed by atoms with E-state index in [1.54, 1.807) is 6.07 Å². The zero-order chi connectivity index (χ0) is 15.4. The molecule has 0 spiro atoms. The van der Waals surface area contributed by atoms with Crippen molar-refractivity contribution in [2.24, 2.45) is 5.92 Å². The number of benzene rings is 1. The predicted octanol–water partition coefficient (Wildman–Crippen LogP) is 2.89. The summed E-state index contributed by atoms with van der Waals surface area (Å²) in [5.41, 5.74) is 0.944. The van der Waals surface area contributed by atoms with E-state index in [9.17, 15) is 10.1 Å². The lowest BCUT2D eigenvalue weighted by Gasteiger charge is -2.22. The molecule has 1 fully saturated rings. The first kappa shape index (κ1) is 14.8. The number of nitro groups is 1. The fraction of sp³-hybridized carbons (Fsp3) is 0.533. The van der Waals surface area contributed by atoms with Crippen LogP contribution >= 0.6 is 0 Å². The Labute approximate surface area is 127 Å². The maximum Gasteiger partial charge on any atom is 0.394 e. The molecule has 1 aliphatic heterocycles. The minimum atomic E-state index is -0.451. The molecule has 2 aromatic rings. The van der Waals surface area contributed by atoms with E-state index in [2.05, 4.69) is 10.3 Å². The highest BCUT2D eigenvalue weighted by molar-refractivity contribution is 5.75. The van der Waals surface area contributed by atoms with Gasteiger partial charge in [-0.25, -0.2) is 0 Å². The molecule has 0 aliphatic carbocycles. The zero-order valence-corrected chi connectivity index (χ0v) is 12.3. The highest BCUT2D eigenvalue weighted by Gasteiger charge is 2.14. The molecular weight excluding hydrogens is 286 g/mol. The summed E-state index contributed by atoms with van der Waals surface area (Å²) in [5, 5.41) is 14.1. The zero-order valence-electron chi connectivity index (χ0n) is 12.3. The number of fused-ring (bicyclic) bond motifs is 1. The van der Waals surface area contributed by atoms with Crippen LogP contribution in [0.5, 0.6) is 6.08 Å². The Kier molecular flexibility index (Phi) is 4.53. The van der Waals surface area contributed by atoms with Gasteiger partial charge in [-0.3, -0.25) is 10.1 Å². The highest BCUT2D eigenvalue weighted by atomic mass is 16.6. The van der Waals surface area contributed by atoms with Gasteiger partial charge in [-0.15, -0.1) is 0 Å². The Morgan fingerprint density at radius 1 is 1.41 bits per heavy atom. The van der Waals surface area contributed by atoms with Crippen molar-refractivity contribution >= 4 is 16.8 Å². The van der Waals surface area contributed by atoms with Gasteiger partial charge in [0.25, 0.3) is 5.69 Å². The van der Waals surface area contributed by atoms with Crippen molar-refractivity contribution in [2.45, 2.75) is 25.7 Å². The summed E-state index contributed by atoms with van der Waals surface area (Å²) in [4.78, 5) is 14.4. The van der Waals surface area contributed by atoms with Crippen LogP contribution in [0, 0.1) is 16.0 Å². The molecule has 7 heteroatoms. The summed E-state index contributed by atoms with van der Waals surface area (Å²) in [6.45, 7) is 2.77. The summed E-state index contributed by atoms with van der Waals surface area (Å²) in [6.07, 6.45) is 4.75. The second kappa shape index (κ2) is 6.74. The van der Waals surface area contributed by atoms with E-state index >= 15 is 0 Å². The van der Waals surface area contributed by atoms with Gasteiger partial charge in [0.05, 0.1) is 11.5 Å². The standard InChI is InChI=1S/C15H19N3O4/c19-18(20)12-3-4-14-13(10-12)17-15(22-14)21-9-1-2-11-5-7-16-8-6-11/h3-4,10-11,16H,1-2,5-9H2. The number of piperidine rings is 1. The summed E-state index contributed by atoms with van der Waals surface area (Å²) in [6, 6.07) is 4.33. The molecule has 3 rings (SSSR count). The number of nitrogens with one attached hydrogen (secondary N) is 1. The number of nitro benzene ring substituents is 1. The Morgan fingerprint density at radius 3 is 3.00 bits per heavy atom. The van der Waals surface area contributed by atoms with Gasteiger partial charge in [-0.05, 0) is 50.8 Å². The molecule has 0 unspecified atom stereocenters.